The molecule has 1 fully saturated rings. The minimum absolute atomic E-state index is 0.378. The lowest BCUT2D eigenvalue weighted by molar-refractivity contribution is -0.0334. The molecule has 3 rings (SSSR count). The van der Waals surface area contributed by atoms with Crippen LogP contribution in [-0.4, -0.2) is 109 Å². The van der Waals surface area contributed by atoms with Crippen molar-refractivity contribution >= 4 is 19.7 Å². The lowest BCUT2D eigenvalue weighted by Crippen LogP contribution is -2.16. The number of aryl methyl sites for hydroxylation is 2. The molecule has 40 heavy (non-hydrogen) atoms. The van der Waals surface area contributed by atoms with Gasteiger partial charge in [-0.1, -0.05) is 35.4 Å². The maximum atomic E-state index is 10.9. The summed E-state index contributed by atoms with van der Waals surface area (Å²) in [7, 11) is -6.04. The monoisotopic (exact) mass is 604 g/mol. The Kier molecular flexibility index (Phi) is 18.9. The minimum atomic E-state index is -3.02. The van der Waals surface area contributed by atoms with Gasteiger partial charge in [0.25, 0.3) is 0 Å². The molecule has 0 amide bonds. The molecule has 12 heteroatoms. The molecule has 0 bridgehead atoms. The number of benzene rings is 2. The second-order valence-electron chi connectivity index (χ2n) is 8.84. The third kappa shape index (κ3) is 19.2. The molecule has 10 nitrogen and oxygen atoms in total. The van der Waals surface area contributed by atoms with Crippen LogP contribution in [0.15, 0.2) is 58.3 Å². The zero-order chi connectivity index (χ0) is 29.7. The molecule has 0 aliphatic carbocycles. The van der Waals surface area contributed by atoms with Crippen LogP contribution in [-0.2, 0) is 48.1 Å². The Hall–Kier alpha value is -1.90. The quantitative estimate of drug-likeness (QED) is 0.506. The van der Waals surface area contributed by atoms with Gasteiger partial charge in [0.05, 0.1) is 89.1 Å². The van der Waals surface area contributed by atoms with Crippen LogP contribution in [0.4, 0.5) is 0 Å². The molecule has 1 saturated heterocycles. The Morgan fingerprint density at radius 1 is 0.400 bits per heavy atom. The van der Waals surface area contributed by atoms with Gasteiger partial charge in [-0.05, 0) is 38.1 Å². The molecule has 1 aliphatic rings. The maximum absolute atomic E-state index is 10.9. The molecular weight excluding hydrogens is 560 g/mol. The molecule has 2 aromatic rings. The lowest BCUT2D eigenvalue weighted by atomic mass is 10.2. The third-order valence-electron chi connectivity index (χ3n) is 5.13. The number of ether oxygens (including phenoxy) is 6. The van der Waals surface area contributed by atoms with Crippen molar-refractivity contribution in [1.82, 2.24) is 0 Å². The van der Waals surface area contributed by atoms with Crippen molar-refractivity contribution in [3.8, 4) is 0 Å². The van der Waals surface area contributed by atoms with Crippen molar-refractivity contribution in [3.05, 3.63) is 59.7 Å². The molecule has 0 aromatic heterocycles. The lowest BCUT2D eigenvalue weighted by Gasteiger charge is -2.09. The van der Waals surface area contributed by atoms with E-state index in [9.17, 15) is 16.8 Å². The Bertz CT molecular complexity index is 968. The van der Waals surface area contributed by atoms with Crippen molar-refractivity contribution in [2.24, 2.45) is 0 Å². The van der Waals surface area contributed by atoms with E-state index in [1.807, 2.05) is 13.8 Å². The predicted molar refractivity (Wildman–Crippen MR) is 153 cm³/mol. The van der Waals surface area contributed by atoms with E-state index in [1.54, 1.807) is 48.5 Å². The molecule has 0 radical (unpaired) electrons. The minimum Gasteiger partial charge on any atom is -0.377 e. The molecule has 0 N–H and O–H groups in total. The fraction of sp³-hybridized carbons (Fsp3) is 0.571. The van der Waals surface area contributed by atoms with E-state index in [4.69, 9.17) is 28.4 Å². The zero-order valence-corrected chi connectivity index (χ0v) is 25.6. The van der Waals surface area contributed by atoms with Crippen molar-refractivity contribution in [2.45, 2.75) is 23.6 Å². The van der Waals surface area contributed by atoms with Gasteiger partial charge in [-0.3, -0.25) is 0 Å². The standard InChI is InChI=1S/C12H24O6.2C8H10O2S/c1-2-14-5-6-16-9-10-18-12-11-17-8-7-15-4-3-13-1;2*1-7-3-5-8(6-4-7)11(2,9)10/h1-12H2;2*3-6H,1-2H3. The maximum Gasteiger partial charge on any atom is 0.175 e. The predicted octanol–water partition coefficient (Wildman–Crippen LogP) is 2.90. The van der Waals surface area contributed by atoms with E-state index in [-0.39, 0.29) is 0 Å². The summed E-state index contributed by atoms with van der Waals surface area (Å²) in [5, 5.41) is 0. The average Bonchev–Trinajstić information content (AvgIpc) is 2.89. The molecule has 1 heterocycles. The van der Waals surface area contributed by atoms with E-state index in [0.717, 1.165) is 11.1 Å². The van der Waals surface area contributed by atoms with Crippen molar-refractivity contribution in [1.29, 1.82) is 0 Å². The molecule has 0 spiro atoms. The topological polar surface area (TPSA) is 124 Å². The van der Waals surface area contributed by atoms with Gasteiger partial charge in [0.1, 0.15) is 0 Å². The van der Waals surface area contributed by atoms with E-state index in [2.05, 4.69) is 0 Å². The Morgan fingerprint density at radius 2 is 0.575 bits per heavy atom. The molecule has 0 atom stereocenters. The van der Waals surface area contributed by atoms with Gasteiger partial charge in [-0.2, -0.15) is 0 Å². The summed E-state index contributed by atoms with van der Waals surface area (Å²) in [6.07, 6.45) is 2.41. The van der Waals surface area contributed by atoms with Gasteiger partial charge < -0.3 is 28.4 Å². The number of hydrogen-bond donors (Lipinski definition) is 0. The molecule has 0 saturated carbocycles. The van der Waals surface area contributed by atoms with Gasteiger partial charge in [-0.15, -0.1) is 0 Å². The van der Waals surface area contributed by atoms with Crippen LogP contribution < -0.4 is 0 Å². The van der Waals surface area contributed by atoms with Gasteiger partial charge in [0, 0.05) is 12.5 Å². The molecule has 0 unspecified atom stereocenters. The van der Waals surface area contributed by atoms with Crippen molar-refractivity contribution in [3.63, 3.8) is 0 Å². The highest BCUT2D eigenvalue weighted by Crippen LogP contribution is 2.09. The summed E-state index contributed by atoms with van der Waals surface area (Å²) < 4.78 is 75.7. The summed E-state index contributed by atoms with van der Waals surface area (Å²) in [6.45, 7) is 10.9. The van der Waals surface area contributed by atoms with E-state index in [1.165, 1.54) is 12.5 Å². The molecule has 228 valence electrons. The Labute approximate surface area is 239 Å². The van der Waals surface area contributed by atoms with Crippen LogP contribution in [0.25, 0.3) is 0 Å². The van der Waals surface area contributed by atoms with Crippen LogP contribution in [0.2, 0.25) is 0 Å². The SMILES string of the molecule is C1COCCOCCOCCOCCOCCO1.Cc1ccc(S(C)(=O)=O)cc1.Cc1ccc(S(C)(=O)=O)cc1. The highest BCUT2D eigenvalue weighted by molar-refractivity contribution is 7.91. The summed E-state index contributed by atoms with van der Waals surface area (Å²) >= 11 is 0. The summed E-state index contributed by atoms with van der Waals surface area (Å²) in [4.78, 5) is 0.756. The first kappa shape index (κ1) is 36.1. The van der Waals surface area contributed by atoms with Gasteiger partial charge in [-0.25, -0.2) is 16.8 Å². The van der Waals surface area contributed by atoms with Crippen molar-refractivity contribution < 1.29 is 45.3 Å². The van der Waals surface area contributed by atoms with Crippen LogP contribution >= 0.6 is 0 Å². The largest absolute Gasteiger partial charge is 0.377 e. The second-order valence-corrected chi connectivity index (χ2v) is 12.9. The molecule has 1 aliphatic heterocycles. The van der Waals surface area contributed by atoms with E-state index in [0.29, 0.717) is 89.1 Å². The van der Waals surface area contributed by atoms with Crippen LogP contribution in [0.3, 0.4) is 0 Å². The molecule has 2 aromatic carbocycles. The average molecular weight is 605 g/mol. The highest BCUT2D eigenvalue weighted by Gasteiger charge is 2.05. The Morgan fingerprint density at radius 3 is 0.725 bits per heavy atom. The highest BCUT2D eigenvalue weighted by atomic mass is 32.2. The van der Waals surface area contributed by atoms with Gasteiger partial charge >= 0.3 is 0 Å². The number of sulfone groups is 2. The Balaban J connectivity index is 0.000000315. The first-order chi connectivity index (χ1) is 19.0. The fourth-order valence-corrected chi connectivity index (χ4v) is 4.15. The number of rotatable bonds is 2. The second kappa shape index (κ2) is 20.9. The van der Waals surface area contributed by atoms with Crippen molar-refractivity contribution in [2.75, 3.05) is 91.8 Å². The summed E-state index contributed by atoms with van der Waals surface area (Å²) in [5.74, 6) is 0. The number of hydrogen-bond acceptors (Lipinski definition) is 10. The van der Waals surface area contributed by atoms with E-state index < -0.39 is 19.7 Å². The molecular formula is C28H44O10S2. The van der Waals surface area contributed by atoms with Crippen LogP contribution in [0, 0.1) is 13.8 Å². The summed E-state index contributed by atoms with van der Waals surface area (Å²) in [6, 6.07) is 13.6. The van der Waals surface area contributed by atoms with Crippen LogP contribution in [0.5, 0.6) is 0 Å². The smallest absolute Gasteiger partial charge is 0.175 e. The van der Waals surface area contributed by atoms with Crippen LogP contribution in [0.1, 0.15) is 11.1 Å². The van der Waals surface area contributed by atoms with Gasteiger partial charge in [0.15, 0.2) is 19.7 Å². The first-order valence-electron chi connectivity index (χ1n) is 13.0. The zero-order valence-electron chi connectivity index (χ0n) is 24.0. The van der Waals surface area contributed by atoms with Gasteiger partial charge in [0.2, 0.25) is 0 Å². The normalized spacial score (nSPS) is 17.1. The fourth-order valence-electron chi connectivity index (χ4n) is 2.89. The third-order valence-corrected chi connectivity index (χ3v) is 7.39. The summed E-state index contributed by atoms with van der Waals surface area (Å²) in [5.41, 5.74) is 2.13. The first-order valence-corrected chi connectivity index (χ1v) is 16.8. The van der Waals surface area contributed by atoms with E-state index >= 15 is 0 Å².